The van der Waals surface area contributed by atoms with E-state index in [0.29, 0.717) is 25.5 Å². The molecule has 2 rings (SSSR count). The van der Waals surface area contributed by atoms with Crippen molar-refractivity contribution >= 4 is 5.82 Å². The predicted octanol–water partition coefficient (Wildman–Crippen LogP) is 2.30. The van der Waals surface area contributed by atoms with Crippen LogP contribution in [0.5, 0.6) is 0 Å². The van der Waals surface area contributed by atoms with E-state index in [1.54, 1.807) is 6.07 Å². The highest BCUT2D eigenvalue weighted by atomic mass is 16.5. The smallest absolute Gasteiger partial charge is 0.133 e. The molecule has 4 nitrogen and oxygen atoms in total. The van der Waals surface area contributed by atoms with Crippen molar-refractivity contribution in [2.24, 2.45) is 0 Å². The second-order valence-electron chi connectivity index (χ2n) is 3.91. The van der Waals surface area contributed by atoms with Crippen molar-refractivity contribution in [3.63, 3.8) is 0 Å². The average molecular weight is 243 g/mol. The number of aromatic nitrogens is 2. The van der Waals surface area contributed by atoms with E-state index in [4.69, 9.17) is 10.5 Å². The Hall–Kier alpha value is -1.94. The number of anilines is 1. The Morgan fingerprint density at radius 1 is 1.17 bits per heavy atom. The lowest BCUT2D eigenvalue weighted by Gasteiger charge is -2.06. The van der Waals surface area contributed by atoms with Crippen LogP contribution in [-0.2, 0) is 11.2 Å². The molecule has 0 radical (unpaired) electrons. The zero-order valence-electron chi connectivity index (χ0n) is 10.5. The SMILES string of the molecule is CCOCCc1nc(N)cc(-c2ccccc2)n1. The second kappa shape index (κ2) is 6.12. The normalized spacial score (nSPS) is 10.5. The molecule has 0 unspecified atom stereocenters. The van der Waals surface area contributed by atoms with Crippen molar-refractivity contribution in [3.8, 4) is 11.3 Å². The van der Waals surface area contributed by atoms with Crippen LogP contribution in [0, 0.1) is 0 Å². The lowest BCUT2D eigenvalue weighted by Crippen LogP contribution is -2.05. The van der Waals surface area contributed by atoms with Crippen molar-refractivity contribution < 1.29 is 4.74 Å². The molecule has 0 aliphatic heterocycles. The fraction of sp³-hybridized carbons (Fsp3) is 0.286. The molecule has 0 aliphatic rings. The molecule has 0 fully saturated rings. The maximum Gasteiger partial charge on any atom is 0.133 e. The van der Waals surface area contributed by atoms with Gasteiger partial charge in [0, 0.05) is 24.7 Å². The van der Waals surface area contributed by atoms with Crippen LogP contribution >= 0.6 is 0 Å². The monoisotopic (exact) mass is 243 g/mol. The maximum absolute atomic E-state index is 5.81. The molecule has 4 heteroatoms. The zero-order valence-corrected chi connectivity index (χ0v) is 10.5. The zero-order chi connectivity index (χ0) is 12.8. The molecular weight excluding hydrogens is 226 g/mol. The highest BCUT2D eigenvalue weighted by Crippen LogP contribution is 2.18. The number of rotatable bonds is 5. The minimum Gasteiger partial charge on any atom is -0.384 e. The van der Waals surface area contributed by atoms with Gasteiger partial charge in [0.05, 0.1) is 12.3 Å². The molecule has 0 amide bonds. The van der Waals surface area contributed by atoms with Gasteiger partial charge < -0.3 is 10.5 Å². The molecule has 18 heavy (non-hydrogen) atoms. The third-order valence-electron chi connectivity index (χ3n) is 2.54. The Kier molecular flexibility index (Phi) is 4.25. The lowest BCUT2D eigenvalue weighted by molar-refractivity contribution is 0.149. The first-order chi connectivity index (χ1) is 8.79. The number of nitrogen functional groups attached to an aromatic ring is 1. The van der Waals surface area contributed by atoms with E-state index in [1.807, 2.05) is 37.3 Å². The van der Waals surface area contributed by atoms with Gasteiger partial charge in [0.1, 0.15) is 11.6 Å². The fourth-order valence-corrected chi connectivity index (χ4v) is 1.69. The molecule has 0 bridgehead atoms. The van der Waals surface area contributed by atoms with Gasteiger partial charge in [0.15, 0.2) is 0 Å². The Morgan fingerprint density at radius 3 is 2.67 bits per heavy atom. The van der Waals surface area contributed by atoms with Crippen molar-refractivity contribution in [3.05, 3.63) is 42.2 Å². The number of benzene rings is 1. The van der Waals surface area contributed by atoms with Gasteiger partial charge in [-0.15, -0.1) is 0 Å². The molecule has 2 N–H and O–H groups in total. The highest BCUT2D eigenvalue weighted by molar-refractivity contribution is 5.61. The van der Waals surface area contributed by atoms with Gasteiger partial charge in [-0.05, 0) is 6.92 Å². The third kappa shape index (κ3) is 3.28. The topological polar surface area (TPSA) is 61.0 Å². The van der Waals surface area contributed by atoms with Crippen LogP contribution in [0.15, 0.2) is 36.4 Å². The van der Waals surface area contributed by atoms with Gasteiger partial charge in [-0.3, -0.25) is 0 Å². The molecule has 1 heterocycles. The molecule has 0 spiro atoms. The van der Waals surface area contributed by atoms with E-state index >= 15 is 0 Å². The summed E-state index contributed by atoms with van der Waals surface area (Å²) in [6.07, 6.45) is 0.679. The maximum atomic E-state index is 5.81. The van der Waals surface area contributed by atoms with Gasteiger partial charge in [-0.25, -0.2) is 9.97 Å². The Bertz CT molecular complexity index is 500. The predicted molar refractivity (Wildman–Crippen MR) is 72.1 cm³/mol. The van der Waals surface area contributed by atoms with E-state index in [9.17, 15) is 0 Å². The molecule has 0 aliphatic carbocycles. The van der Waals surface area contributed by atoms with Crippen LogP contribution in [0.2, 0.25) is 0 Å². The summed E-state index contributed by atoms with van der Waals surface area (Å²) in [7, 11) is 0. The molecule has 2 aromatic rings. The van der Waals surface area contributed by atoms with Gasteiger partial charge in [0.25, 0.3) is 0 Å². The van der Waals surface area contributed by atoms with Crippen molar-refractivity contribution in [1.82, 2.24) is 9.97 Å². The fourth-order valence-electron chi connectivity index (χ4n) is 1.69. The van der Waals surface area contributed by atoms with Gasteiger partial charge >= 0.3 is 0 Å². The summed E-state index contributed by atoms with van der Waals surface area (Å²) in [5.74, 6) is 1.22. The van der Waals surface area contributed by atoms with Crippen molar-refractivity contribution in [1.29, 1.82) is 0 Å². The summed E-state index contributed by atoms with van der Waals surface area (Å²) in [6, 6.07) is 11.7. The summed E-state index contributed by atoms with van der Waals surface area (Å²) >= 11 is 0. The van der Waals surface area contributed by atoms with E-state index in [2.05, 4.69) is 9.97 Å². The van der Waals surface area contributed by atoms with Crippen LogP contribution in [0.3, 0.4) is 0 Å². The van der Waals surface area contributed by atoms with Gasteiger partial charge in [-0.2, -0.15) is 0 Å². The van der Waals surface area contributed by atoms with E-state index in [0.717, 1.165) is 17.1 Å². The molecule has 0 saturated heterocycles. The number of nitrogens with two attached hydrogens (primary N) is 1. The number of nitrogens with zero attached hydrogens (tertiary/aromatic N) is 2. The standard InChI is InChI=1S/C14H17N3O/c1-2-18-9-8-14-16-12(10-13(15)17-14)11-6-4-3-5-7-11/h3-7,10H,2,8-9H2,1H3,(H2,15,16,17). The quantitative estimate of drug-likeness (QED) is 0.818. The largest absolute Gasteiger partial charge is 0.384 e. The summed E-state index contributed by atoms with van der Waals surface area (Å²) < 4.78 is 5.30. The summed E-state index contributed by atoms with van der Waals surface area (Å²) in [5.41, 5.74) is 7.71. The molecular formula is C14H17N3O. The molecule has 94 valence electrons. The number of hydrogen-bond acceptors (Lipinski definition) is 4. The summed E-state index contributed by atoms with van der Waals surface area (Å²) in [5, 5.41) is 0. The highest BCUT2D eigenvalue weighted by Gasteiger charge is 2.04. The van der Waals surface area contributed by atoms with E-state index < -0.39 is 0 Å². The van der Waals surface area contributed by atoms with Crippen LogP contribution in [0.4, 0.5) is 5.82 Å². The van der Waals surface area contributed by atoms with Crippen LogP contribution in [0.1, 0.15) is 12.7 Å². The first-order valence-corrected chi connectivity index (χ1v) is 6.06. The molecule has 0 atom stereocenters. The van der Waals surface area contributed by atoms with E-state index in [1.165, 1.54) is 0 Å². The van der Waals surface area contributed by atoms with Crippen LogP contribution < -0.4 is 5.73 Å². The Balaban J connectivity index is 2.21. The average Bonchev–Trinajstić information content (AvgIpc) is 2.39. The Labute approximate surface area is 107 Å². The van der Waals surface area contributed by atoms with Gasteiger partial charge in [-0.1, -0.05) is 30.3 Å². The van der Waals surface area contributed by atoms with Crippen LogP contribution in [0.25, 0.3) is 11.3 Å². The van der Waals surface area contributed by atoms with Gasteiger partial charge in [0.2, 0.25) is 0 Å². The molecule has 1 aromatic heterocycles. The van der Waals surface area contributed by atoms with E-state index in [-0.39, 0.29) is 0 Å². The molecule has 1 aromatic carbocycles. The molecule has 0 saturated carbocycles. The number of ether oxygens (including phenoxy) is 1. The summed E-state index contributed by atoms with van der Waals surface area (Å²) in [4.78, 5) is 8.72. The first-order valence-electron chi connectivity index (χ1n) is 6.06. The summed E-state index contributed by atoms with van der Waals surface area (Å²) in [6.45, 7) is 3.29. The van der Waals surface area contributed by atoms with Crippen molar-refractivity contribution in [2.45, 2.75) is 13.3 Å². The first kappa shape index (κ1) is 12.5. The minimum atomic E-state index is 0.496. The third-order valence-corrected chi connectivity index (χ3v) is 2.54. The van der Waals surface area contributed by atoms with Crippen molar-refractivity contribution in [2.75, 3.05) is 18.9 Å². The minimum absolute atomic E-state index is 0.496. The Morgan fingerprint density at radius 2 is 1.94 bits per heavy atom. The number of hydrogen-bond donors (Lipinski definition) is 1. The second-order valence-corrected chi connectivity index (χ2v) is 3.91. The van der Waals surface area contributed by atoms with Crippen LogP contribution in [-0.4, -0.2) is 23.2 Å². The lowest BCUT2D eigenvalue weighted by atomic mass is 10.1.